The summed E-state index contributed by atoms with van der Waals surface area (Å²) in [4.78, 5) is 26.3. The Kier molecular flexibility index (Phi) is 4.40. The Hall–Kier alpha value is -2.60. The normalized spacial score (nSPS) is 26.5. The number of benzene rings is 1. The number of amides is 1. The molecule has 6 heteroatoms. The summed E-state index contributed by atoms with van der Waals surface area (Å²) >= 11 is 0. The average molecular weight is 329 g/mol. The second kappa shape index (κ2) is 6.49. The maximum atomic E-state index is 12.9. The number of aliphatic hydroxyl groups excluding tert-OH is 1. The molecule has 2 aliphatic rings. The first kappa shape index (κ1) is 16.3. The highest BCUT2D eigenvalue weighted by Crippen LogP contribution is 2.46. The molecule has 6 nitrogen and oxygen atoms in total. The predicted molar refractivity (Wildman–Crippen MR) is 85.3 cm³/mol. The third-order valence-corrected chi connectivity index (χ3v) is 4.25. The van der Waals surface area contributed by atoms with Crippen LogP contribution < -0.4 is 0 Å². The predicted octanol–water partition coefficient (Wildman–Crippen LogP) is 1.51. The van der Waals surface area contributed by atoms with Gasteiger partial charge in [0.15, 0.2) is 6.23 Å². The number of hydrogen-bond acceptors (Lipinski definition) is 5. The molecule has 0 aliphatic carbocycles. The maximum absolute atomic E-state index is 12.9. The van der Waals surface area contributed by atoms with Crippen LogP contribution in [-0.4, -0.2) is 40.3 Å². The van der Waals surface area contributed by atoms with Gasteiger partial charge in [0.2, 0.25) is 11.4 Å². The van der Waals surface area contributed by atoms with Crippen LogP contribution in [0.2, 0.25) is 0 Å². The molecule has 2 atom stereocenters. The first-order valence-electron chi connectivity index (χ1n) is 7.76. The minimum absolute atomic E-state index is 0.0949. The standard InChI is InChI=1S/C18H19NO5/c1-2-9-18(17(22)23-12-13-6-4-3-5-7-13)14(8-10-20)24-16-11-15(21)19(16)18/h2-8,16,20H,1,9-12H2/b14-8-/t16-,18?/m1/s1. The summed E-state index contributed by atoms with van der Waals surface area (Å²) in [5, 5.41) is 9.24. The van der Waals surface area contributed by atoms with Crippen molar-refractivity contribution in [3.8, 4) is 0 Å². The van der Waals surface area contributed by atoms with Gasteiger partial charge in [0.25, 0.3) is 0 Å². The van der Waals surface area contributed by atoms with Gasteiger partial charge in [0.05, 0.1) is 13.0 Å². The Morgan fingerprint density at radius 2 is 2.21 bits per heavy atom. The molecule has 0 aromatic heterocycles. The first-order valence-corrected chi connectivity index (χ1v) is 7.76. The van der Waals surface area contributed by atoms with E-state index in [9.17, 15) is 14.7 Å². The number of rotatable bonds is 6. The van der Waals surface area contributed by atoms with E-state index < -0.39 is 17.7 Å². The lowest BCUT2D eigenvalue weighted by Gasteiger charge is -2.40. The summed E-state index contributed by atoms with van der Waals surface area (Å²) in [5.74, 6) is -0.514. The highest BCUT2D eigenvalue weighted by Gasteiger charge is 2.64. The number of aliphatic hydroxyl groups is 1. The van der Waals surface area contributed by atoms with Gasteiger partial charge in [-0.25, -0.2) is 4.79 Å². The molecule has 2 aliphatic heterocycles. The molecular weight excluding hydrogens is 310 g/mol. The van der Waals surface area contributed by atoms with E-state index in [4.69, 9.17) is 9.47 Å². The molecule has 2 fully saturated rings. The summed E-state index contributed by atoms with van der Waals surface area (Å²) in [6.07, 6.45) is 2.84. The molecule has 2 saturated heterocycles. The summed E-state index contributed by atoms with van der Waals surface area (Å²) in [6, 6.07) is 9.28. The fourth-order valence-electron chi connectivity index (χ4n) is 3.14. The van der Waals surface area contributed by atoms with Gasteiger partial charge in [-0.15, -0.1) is 6.58 Å². The molecule has 0 spiro atoms. The van der Waals surface area contributed by atoms with Gasteiger partial charge in [0.1, 0.15) is 12.4 Å². The van der Waals surface area contributed by atoms with Crippen molar-refractivity contribution in [1.82, 2.24) is 4.90 Å². The number of esters is 1. The largest absolute Gasteiger partial charge is 0.471 e. The molecule has 1 aromatic carbocycles. The maximum Gasteiger partial charge on any atom is 0.340 e. The van der Waals surface area contributed by atoms with E-state index in [1.54, 1.807) is 6.08 Å². The Bertz CT molecular complexity index is 684. The summed E-state index contributed by atoms with van der Waals surface area (Å²) in [6.45, 7) is 3.48. The smallest absolute Gasteiger partial charge is 0.340 e. The molecule has 24 heavy (non-hydrogen) atoms. The Morgan fingerprint density at radius 1 is 1.46 bits per heavy atom. The van der Waals surface area contributed by atoms with Crippen LogP contribution >= 0.6 is 0 Å². The van der Waals surface area contributed by atoms with E-state index >= 15 is 0 Å². The number of carbonyl (C=O) groups is 2. The fraction of sp³-hybridized carbons (Fsp3) is 0.333. The SMILES string of the molecule is C=CCC1(C(=O)OCc2ccccc2)/C(=C/CO)O[C@@H]2CC(=O)N21. The van der Waals surface area contributed by atoms with Gasteiger partial charge in [-0.3, -0.25) is 9.69 Å². The average Bonchev–Trinajstić information content (AvgIpc) is 2.83. The first-order chi connectivity index (χ1) is 11.6. The molecule has 1 amide bonds. The highest BCUT2D eigenvalue weighted by molar-refractivity contribution is 5.95. The van der Waals surface area contributed by atoms with E-state index in [0.29, 0.717) is 0 Å². The minimum atomic E-state index is -1.38. The zero-order chi connectivity index (χ0) is 17.2. The number of β-lactam (4-membered cyclic amide) rings is 1. The second-order valence-electron chi connectivity index (χ2n) is 5.71. The third kappa shape index (κ3) is 2.49. The van der Waals surface area contributed by atoms with Crippen molar-refractivity contribution in [2.24, 2.45) is 0 Å². The van der Waals surface area contributed by atoms with Gasteiger partial charge < -0.3 is 14.6 Å². The Morgan fingerprint density at radius 3 is 2.83 bits per heavy atom. The number of ether oxygens (including phenoxy) is 2. The minimum Gasteiger partial charge on any atom is -0.471 e. The van der Waals surface area contributed by atoms with Crippen LogP contribution in [0, 0.1) is 0 Å². The summed E-state index contributed by atoms with van der Waals surface area (Å²) < 4.78 is 11.1. The van der Waals surface area contributed by atoms with E-state index in [2.05, 4.69) is 6.58 Å². The Balaban J connectivity index is 1.88. The van der Waals surface area contributed by atoms with Gasteiger partial charge >= 0.3 is 5.97 Å². The van der Waals surface area contributed by atoms with Gasteiger partial charge in [-0.1, -0.05) is 36.4 Å². The molecule has 126 valence electrons. The lowest BCUT2D eigenvalue weighted by Crippen LogP contribution is -2.62. The molecular formula is C18H19NO5. The lowest BCUT2D eigenvalue weighted by atomic mass is 9.88. The van der Waals surface area contributed by atoms with Crippen molar-refractivity contribution >= 4 is 11.9 Å². The molecule has 1 aromatic rings. The van der Waals surface area contributed by atoms with Crippen LogP contribution in [0.25, 0.3) is 0 Å². The highest BCUT2D eigenvalue weighted by atomic mass is 16.6. The third-order valence-electron chi connectivity index (χ3n) is 4.25. The summed E-state index contributed by atoms with van der Waals surface area (Å²) in [5.41, 5.74) is -0.531. The zero-order valence-corrected chi connectivity index (χ0v) is 13.2. The van der Waals surface area contributed by atoms with Crippen molar-refractivity contribution in [3.63, 3.8) is 0 Å². The molecule has 1 N–H and O–H groups in total. The Labute approximate surface area is 140 Å². The van der Waals surface area contributed by atoms with Crippen LogP contribution in [0.4, 0.5) is 0 Å². The van der Waals surface area contributed by atoms with E-state index in [1.165, 1.54) is 11.0 Å². The number of hydrogen-bond donors (Lipinski definition) is 1. The summed E-state index contributed by atoms with van der Waals surface area (Å²) in [7, 11) is 0. The zero-order valence-electron chi connectivity index (χ0n) is 13.2. The van der Waals surface area contributed by atoms with Crippen molar-refractivity contribution < 1.29 is 24.2 Å². The second-order valence-corrected chi connectivity index (χ2v) is 5.71. The molecule has 0 bridgehead atoms. The number of fused-ring (bicyclic) bond motifs is 1. The van der Waals surface area contributed by atoms with Crippen molar-refractivity contribution in [1.29, 1.82) is 0 Å². The van der Waals surface area contributed by atoms with Crippen LogP contribution in [-0.2, 0) is 25.7 Å². The van der Waals surface area contributed by atoms with Gasteiger partial charge in [0, 0.05) is 6.42 Å². The fourth-order valence-corrected chi connectivity index (χ4v) is 3.14. The van der Waals surface area contributed by atoms with Crippen LogP contribution in [0.5, 0.6) is 0 Å². The molecule has 0 radical (unpaired) electrons. The van der Waals surface area contributed by atoms with Crippen LogP contribution in [0.3, 0.4) is 0 Å². The molecule has 2 heterocycles. The van der Waals surface area contributed by atoms with Gasteiger partial charge in [-0.05, 0) is 11.6 Å². The topological polar surface area (TPSA) is 76.1 Å². The number of nitrogens with zero attached hydrogens (tertiary/aromatic N) is 1. The van der Waals surface area contributed by atoms with Crippen LogP contribution in [0.1, 0.15) is 18.4 Å². The monoisotopic (exact) mass is 329 g/mol. The molecule has 1 unspecified atom stereocenters. The van der Waals surface area contributed by atoms with E-state index in [0.717, 1.165) is 5.56 Å². The quantitative estimate of drug-likeness (QED) is 0.486. The van der Waals surface area contributed by atoms with E-state index in [1.807, 2.05) is 30.3 Å². The molecule has 3 rings (SSSR count). The molecule has 0 saturated carbocycles. The van der Waals surface area contributed by atoms with Crippen molar-refractivity contribution in [2.75, 3.05) is 6.61 Å². The van der Waals surface area contributed by atoms with E-state index in [-0.39, 0.29) is 37.7 Å². The van der Waals surface area contributed by atoms with Gasteiger partial charge in [-0.2, -0.15) is 0 Å². The number of carbonyl (C=O) groups excluding carboxylic acids is 2. The van der Waals surface area contributed by atoms with Crippen molar-refractivity contribution in [2.45, 2.75) is 31.2 Å². The van der Waals surface area contributed by atoms with Crippen molar-refractivity contribution in [3.05, 3.63) is 60.4 Å². The van der Waals surface area contributed by atoms with Crippen LogP contribution in [0.15, 0.2) is 54.8 Å². The lowest BCUT2D eigenvalue weighted by molar-refractivity contribution is -0.174.